The van der Waals surface area contributed by atoms with E-state index in [4.69, 9.17) is 16.3 Å². The average molecular weight is 320 g/mol. The van der Waals surface area contributed by atoms with Crippen LogP contribution in [0, 0.1) is 0 Å². The molecule has 0 aliphatic heterocycles. The Balaban J connectivity index is 2.03. The van der Waals surface area contributed by atoms with Crippen molar-refractivity contribution in [2.75, 3.05) is 7.05 Å². The lowest BCUT2D eigenvalue weighted by Gasteiger charge is -2.23. The van der Waals surface area contributed by atoms with Gasteiger partial charge < -0.3 is 9.64 Å². The minimum Gasteiger partial charge on any atom is -0.479 e. The Labute approximate surface area is 134 Å². The van der Waals surface area contributed by atoms with Crippen molar-refractivity contribution < 1.29 is 9.53 Å². The molecule has 0 saturated heterocycles. The topological polar surface area (TPSA) is 55.3 Å². The monoisotopic (exact) mass is 319 g/mol. The molecule has 0 aliphatic rings. The number of hydrogen-bond acceptors (Lipinski definition) is 4. The van der Waals surface area contributed by atoms with E-state index >= 15 is 0 Å². The highest BCUT2D eigenvalue weighted by molar-refractivity contribution is 6.32. The van der Waals surface area contributed by atoms with E-state index in [9.17, 15) is 4.79 Å². The van der Waals surface area contributed by atoms with Crippen LogP contribution >= 0.6 is 11.6 Å². The predicted octanol–water partition coefficient (Wildman–Crippen LogP) is 2.95. The summed E-state index contributed by atoms with van der Waals surface area (Å²) in [6.45, 7) is 2.28. The summed E-state index contributed by atoms with van der Waals surface area (Å²) in [5.74, 6) is 0.394. The van der Waals surface area contributed by atoms with Crippen LogP contribution in [0.1, 0.15) is 19.0 Å². The second kappa shape index (κ2) is 7.75. The van der Waals surface area contributed by atoms with Crippen LogP contribution in [0.3, 0.4) is 0 Å². The molecule has 0 radical (unpaired) electrons. The molecule has 0 spiro atoms. The van der Waals surface area contributed by atoms with E-state index in [0.717, 1.165) is 5.69 Å². The van der Waals surface area contributed by atoms with Gasteiger partial charge in [-0.15, -0.1) is 0 Å². The van der Waals surface area contributed by atoms with Gasteiger partial charge in [0, 0.05) is 19.4 Å². The Bertz CT molecular complexity index is 622. The maximum atomic E-state index is 12.5. The highest BCUT2D eigenvalue weighted by Gasteiger charge is 2.23. The number of nitrogens with zero attached hydrogens (tertiary/aromatic N) is 3. The number of para-hydroxylation sites is 1. The van der Waals surface area contributed by atoms with Crippen molar-refractivity contribution in [2.24, 2.45) is 0 Å². The van der Waals surface area contributed by atoms with E-state index in [1.807, 2.05) is 19.1 Å². The maximum Gasteiger partial charge on any atom is 0.263 e. The summed E-state index contributed by atoms with van der Waals surface area (Å²) in [4.78, 5) is 22.2. The molecule has 1 aromatic heterocycles. The zero-order chi connectivity index (χ0) is 15.9. The van der Waals surface area contributed by atoms with Crippen LogP contribution in [0.4, 0.5) is 0 Å². The van der Waals surface area contributed by atoms with Gasteiger partial charge in [0.1, 0.15) is 5.75 Å². The van der Waals surface area contributed by atoms with Crippen molar-refractivity contribution in [3.63, 3.8) is 0 Å². The number of hydrogen-bond donors (Lipinski definition) is 0. The molecule has 2 rings (SSSR count). The number of likely N-dealkylation sites (N-methyl/N-ethyl adjacent to an activating group) is 1. The molecule has 0 N–H and O–H groups in total. The summed E-state index contributed by atoms with van der Waals surface area (Å²) in [5, 5.41) is 0.491. The Hall–Kier alpha value is -2.14. The third-order valence-electron chi connectivity index (χ3n) is 3.14. The fourth-order valence-corrected chi connectivity index (χ4v) is 2.16. The molecule has 22 heavy (non-hydrogen) atoms. The number of halogens is 1. The highest BCUT2D eigenvalue weighted by Crippen LogP contribution is 2.25. The molecule has 1 amide bonds. The van der Waals surface area contributed by atoms with Crippen LogP contribution in [-0.2, 0) is 11.3 Å². The summed E-state index contributed by atoms with van der Waals surface area (Å²) in [5.41, 5.74) is 0.728. The SMILES string of the molecule is CCC(Oc1ccccc1Cl)C(=O)N(C)Cc1cnccn1. The first-order valence-corrected chi connectivity index (χ1v) is 7.40. The smallest absolute Gasteiger partial charge is 0.263 e. The van der Waals surface area contributed by atoms with Crippen LogP contribution in [0.2, 0.25) is 5.02 Å². The zero-order valence-corrected chi connectivity index (χ0v) is 13.3. The maximum absolute atomic E-state index is 12.5. The molecule has 1 unspecified atom stereocenters. The van der Waals surface area contributed by atoms with Crippen molar-refractivity contribution >= 4 is 17.5 Å². The Morgan fingerprint density at radius 1 is 1.36 bits per heavy atom. The molecule has 5 nitrogen and oxygen atoms in total. The molecule has 1 atom stereocenters. The van der Waals surface area contributed by atoms with Gasteiger partial charge in [-0.1, -0.05) is 30.7 Å². The largest absolute Gasteiger partial charge is 0.479 e. The second-order valence-corrected chi connectivity index (χ2v) is 5.24. The Morgan fingerprint density at radius 2 is 2.14 bits per heavy atom. The number of carbonyl (C=O) groups is 1. The minimum atomic E-state index is -0.582. The summed E-state index contributed by atoms with van der Waals surface area (Å²) in [6, 6.07) is 7.12. The second-order valence-electron chi connectivity index (χ2n) is 4.84. The van der Waals surface area contributed by atoms with Crippen molar-refractivity contribution in [3.05, 3.63) is 53.6 Å². The molecule has 0 fully saturated rings. The number of rotatable bonds is 6. The average Bonchev–Trinajstić information content (AvgIpc) is 2.54. The third-order valence-corrected chi connectivity index (χ3v) is 3.46. The first kappa shape index (κ1) is 16.2. The number of ether oxygens (including phenoxy) is 1. The summed E-state index contributed by atoms with van der Waals surface area (Å²) in [7, 11) is 1.72. The molecule has 0 aliphatic carbocycles. The molecule has 0 bridgehead atoms. The van der Waals surface area contributed by atoms with Gasteiger partial charge in [-0.05, 0) is 18.6 Å². The van der Waals surface area contributed by atoms with Gasteiger partial charge in [-0.3, -0.25) is 14.8 Å². The van der Waals surface area contributed by atoms with Gasteiger partial charge in [0.05, 0.1) is 23.5 Å². The molecule has 116 valence electrons. The van der Waals surface area contributed by atoms with Crippen molar-refractivity contribution in [2.45, 2.75) is 26.0 Å². The summed E-state index contributed by atoms with van der Waals surface area (Å²) < 4.78 is 5.76. The first-order chi connectivity index (χ1) is 10.6. The van der Waals surface area contributed by atoms with Gasteiger partial charge in [0.25, 0.3) is 5.91 Å². The van der Waals surface area contributed by atoms with Crippen LogP contribution in [0.25, 0.3) is 0 Å². The summed E-state index contributed by atoms with van der Waals surface area (Å²) >= 11 is 6.07. The van der Waals surface area contributed by atoms with Gasteiger partial charge in [-0.2, -0.15) is 0 Å². The van der Waals surface area contributed by atoms with Gasteiger partial charge in [0.2, 0.25) is 0 Å². The van der Waals surface area contributed by atoms with E-state index in [2.05, 4.69) is 9.97 Å². The number of benzene rings is 1. The highest BCUT2D eigenvalue weighted by atomic mass is 35.5. The standard InChI is InChI=1S/C16H18ClN3O2/c1-3-14(22-15-7-5-4-6-13(15)17)16(21)20(2)11-12-10-18-8-9-19-12/h4-10,14H,3,11H2,1-2H3. The first-order valence-electron chi connectivity index (χ1n) is 7.03. The molecule has 1 heterocycles. The number of aromatic nitrogens is 2. The normalized spacial score (nSPS) is 11.8. The fourth-order valence-electron chi connectivity index (χ4n) is 1.98. The lowest BCUT2D eigenvalue weighted by Crippen LogP contribution is -2.39. The number of amides is 1. The van der Waals surface area contributed by atoms with Crippen LogP contribution in [0.15, 0.2) is 42.9 Å². The Kier molecular flexibility index (Phi) is 5.72. The Morgan fingerprint density at radius 3 is 2.77 bits per heavy atom. The lowest BCUT2D eigenvalue weighted by molar-refractivity contribution is -0.138. The van der Waals surface area contributed by atoms with Gasteiger partial charge in [0.15, 0.2) is 6.10 Å². The van der Waals surface area contributed by atoms with Crippen molar-refractivity contribution in [3.8, 4) is 5.75 Å². The van der Waals surface area contributed by atoms with Crippen molar-refractivity contribution in [1.29, 1.82) is 0 Å². The summed E-state index contributed by atoms with van der Waals surface area (Å²) in [6.07, 6.45) is 4.81. The molecule has 1 aromatic carbocycles. The van der Waals surface area contributed by atoms with Crippen LogP contribution < -0.4 is 4.74 Å². The molecule has 2 aromatic rings. The molecule has 0 saturated carbocycles. The lowest BCUT2D eigenvalue weighted by atomic mass is 10.2. The van der Waals surface area contributed by atoms with E-state index < -0.39 is 6.10 Å². The predicted molar refractivity (Wildman–Crippen MR) is 84.7 cm³/mol. The van der Waals surface area contributed by atoms with Crippen LogP contribution in [-0.4, -0.2) is 33.9 Å². The van der Waals surface area contributed by atoms with E-state index in [1.54, 1.807) is 42.7 Å². The van der Waals surface area contributed by atoms with Crippen molar-refractivity contribution in [1.82, 2.24) is 14.9 Å². The molecular weight excluding hydrogens is 302 g/mol. The van der Waals surface area contributed by atoms with Gasteiger partial charge >= 0.3 is 0 Å². The molecule has 6 heteroatoms. The number of carbonyl (C=O) groups excluding carboxylic acids is 1. The van der Waals surface area contributed by atoms with Crippen LogP contribution in [0.5, 0.6) is 5.75 Å². The van der Waals surface area contributed by atoms with Gasteiger partial charge in [-0.25, -0.2) is 0 Å². The van der Waals surface area contributed by atoms with E-state index in [-0.39, 0.29) is 5.91 Å². The molecular formula is C16H18ClN3O2. The zero-order valence-electron chi connectivity index (χ0n) is 12.6. The van der Waals surface area contributed by atoms with E-state index in [0.29, 0.717) is 23.7 Å². The van der Waals surface area contributed by atoms with E-state index in [1.165, 1.54) is 0 Å². The fraction of sp³-hybridized carbons (Fsp3) is 0.312. The third kappa shape index (κ3) is 4.18. The minimum absolute atomic E-state index is 0.118. The quantitative estimate of drug-likeness (QED) is 0.821.